The van der Waals surface area contributed by atoms with Crippen LogP contribution in [0.15, 0.2) is 48.5 Å². The van der Waals surface area contributed by atoms with Crippen LogP contribution < -0.4 is 4.72 Å². The van der Waals surface area contributed by atoms with E-state index < -0.39 is 50.2 Å². The second-order valence-corrected chi connectivity index (χ2v) is 8.67. The van der Waals surface area contributed by atoms with E-state index in [-0.39, 0.29) is 22.5 Å². The Hall–Kier alpha value is -3.38. The molecule has 1 N–H and O–H groups in total. The fourth-order valence-electron chi connectivity index (χ4n) is 2.83. The molecular formula is C19H21N3O8S. The zero-order valence-electron chi connectivity index (χ0n) is 16.8. The lowest BCUT2D eigenvalue weighted by Crippen LogP contribution is -2.32. The molecule has 11 nitrogen and oxygen atoms in total. The lowest BCUT2D eigenvalue weighted by molar-refractivity contribution is -0.385. The molecule has 31 heavy (non-hydrogen) atoms. The average Bonchev–Trinajstić information content (AvgIpc) is 2.66. The number of rotatable bonds is 10. The number of ether oxygens (including phenoxy) is 1. The number of nitro groups is 2. The van der Waals surface area contributed by atoms with Crippen LogP contribution in [0.1, 0.15) is 37.4 Å². The Morgan fingerprint density at radius 3 is 2.19 bits per heavy atom. The molecule has 0 radical (unpaired) electrons. The number of hydrogen-bond acceptors (Lipinski definition) is 8. The monoisotopic (exact) mass is 451 g/mol. The number of nitrogens with one attached hydrogen (secondary N) is 1. The molecule has 1 atom stereocenters. The van der Waals surface area contributed by atoms with Crippen molar-refractivity contribution in [2.75, 3.05) is 0 Å². The minimum absolute atomic E-state index is 0.0143. The zero-order chi connectivity index (χ0) is 23.2. The van der Waals surface area contributed by atoms with E-state index >= 15 is 0 Å². The molecule has 1 unspecified atom stereocenters. The molecular weight excluding hydrogens is 430 g/mol. The summed E-state index contributed by atoms with van der Waals surface area (Å²) >= 11 is 0. The first-order valence-corrected chi connectivity index (χ1v) is 10.8. The molecule has 2 aromatic carbocycles. The summed E-state index contributed by atoms with van der Waals surface area (Å²) in [6.45, 7) is 3.24. The van der Waals surface area contributed by atoms with Crippen LogP contribution in [-0.4, -0.2) is 30.3 Å². The van der Waals surface area contributed by atoms with Gasteiger partial charge >= 0.3 is 5.97 Å². The summed E-state index contributed by atoms with van der Waals surface area (Å²) < 4.78 is 32.8. The number of para-hydroxylation sites is 1. The summed E-state index contributed by atoms with van der Waals surface area (Å²) in [6.07, 6.45) is -0.904. The number of carbonyl (C=O) groups is 1. The second-order valence-electron chi connectivity index (χ2n) is 6.91. The Kier molecular flexibility index (Phi) is 7.78. The van der Waals surface area contributed by atoms with Crippen molar-refractivity contribution in [1.82, 2.24) is 4.72 Å². The Labute approximate surface area is 178 Å². The highest BCUT2D eigenvalue weighted by Gasteiger charge is 2.29. The Morgan fingerprint density at radius 2 is 1.65 bits per heavy atom. The first-order chi connectivity index (χ1) is 14.5. The maximum atomic E-state index is 12.7. The van der Waals surface area contributed by atoms with Crippen molar-refractivity contribution in [2.45, 2.75) is 38.2 Å². The Morgan fingerprint density at radius 1 is 1.03 bits per heavy atom. The first kappa shape index (κ1) is 23.9. The third kappa shape index (κ3) is 7.12. The van der Waals surface area contributed by atoms with Gasteiger partial charge in [-0.25, -0.2) is 13.1 Å². The van der Waals surface area contributed by atoms with E-state index in [4.69, 9.17) is 4.74 Å². The van der Waals surface area contributed by atoms with Crippen molar-refractivity contribution in [1.29, 1.82) is 0 Å². The van der Waals surface area contributed by atoms with E-state index in [9.17, 15) is 33.4 Å². The topological polar surface area (TPSA) is 159 Å². The minimum atomic E-state index is -4.08. The molecule has 2 rings (SSSR count). The van der Waals surface area contributed by atoms with Crippen molar-refractivity contribution in [3.63, 3.8) is 0 Å². The molecule has 2 aromatic rings. The first-order valence-electron chi connectivity index (χ1n) is 9.14. The summed E-state index contributed by atoms with van der Waals surface area (Å²) in [4.78, 5) is 33.0. The van der Waals surface area contributed by atoms with Gasteiger partial charge in [-0.3, -0.25) is 25.0 Å². The van der Waals surface area contributed by atoms with Crippen LogP contribution in [0.4, 0.5) is 11.4 Å². The van der Waals surface area contributed by atoms with Crippen LogP contribution in [0.2, 0.25) is 0 Å². The van der Waals surface area contributed by atoms with Gasteiger partial charge in [-0.15, -0.1) is 0 Å². The molecule has 12 heteroatoms. The number of nitrogens with zero attached hydrogens (tertiary/aromatic N) is 2. The predicted molar refractivity (Wildman–Crippen MR) is 111 cm³/mol. The minimum Gasteiger partial charge on any atom is -0.463 e. The Bertz CT molecular complexity index is 1070. The highest BCUT2D eigenvalue weighted by Crippen LogP contribution is 2.28. The molecule has 0 aliphatic carbocycles. The lowest BCUT2D eigenvalue weighted by Gasteiger charge is -2.19. The van der Waals surface area contributed by atoms with E-state index in [2.05, 4.69) is 4.72 Å². The van der Waals surface area contributed by atoms with E-state index in [1.54, 1.807) is 13.8 Å². The van der Waals surface area contributed by atoms with Gasteiger partial charge in [0.2, 0.25) is 10.0 Å². The number of nitro benzene ring substituents is 2. The fourth-order valence-corrected chi connectivity index (χ4v) is 4.19. The number of benzene rings is 2. The lowest BCUT2D eigenvalue weighted by atomic mass is 10.0. The highest BCUT2D eigenvalue weighted by molar-refractivity contribution is 7.88. The van der Waals surface area contributed by atoms with Crippen molar-refractivity contribution < 1.29 is 27.8 Å². The van der Waals surface area contributed by atoms with Crippen molar-refractivity contribution in [3.05, 3.63) is 79.9 Å². The van der Waals surface area contributed by atoms with Gasteiger partial charge in [-0.05, 0) is 19.4 Å². The zero-order valence-corrected chi connectivity index (χ0v) is 17.6. The second kappa shape index (κ2) is 10.1. The van der Waals surface area contributed by atoms with Crippen molar-refractivity contribution >= 4 is 27.4 Å². The van der Waals surface area contributed by atoms with Crippen molar-refractivity contribution in [3.8, 4) is 0 Å². The van der Waals surface area contributed by atoms with E-state index in [0.29, 0.717) is 0 Å². The summed E-state index contributed by atoms with van der Waals surface area (Å²) in [5, 5.41) is 22.1. The van der Waals surface area contributed by atoms with E-state index in [0.717, 1.165) is 0 Å². The standard InChI is InChI=1S/C19H21N3O8S/c1-13(2)30-19(23)11-17(16-5-3-4-6-18(16)22(26)27)20-31(28,29)12-14-7-9-15(10-8-14)21(24)25/h3-10,13,17,20H,11-12H2,1-2H3. The van der Waals surface area contributed by atoms with Gasteiger partial charge < -0.3 is 4.74 Å². The maximum Gasteiger partial charge on any atom is 0.308 e. The number of non-ortho nitro benzene ring substituents is 1. The van der Waals surface area contributed by atoms with E-state index in [1.165, 1.54) is 48.5 Å². The van der Waals surface area contributed by atoms with E-state index in [1.807, 2.05) is 0 Å². The maximum absolute atomic E-state index is 12.7. The molecule has 0 aliphatic rings. The van der Waals surface area contributed by atoms with Gasteiger partial charge in [0.15, 0.2) is 0 Å². The number of sulfonamides is 1. The molecule has 0 aliphatic heterocycles. The van der Waals surface area contributed by atoms with Crippen LogP contribution in [0.3, 0.4) is 0 Å². The SMILES string of the molecule is CC(C)OC(=O)CC(NS(=O)(=O)Cc1ccc([N+](=O)[O-])cc1)c1ccccc1[N+](=O)[O-]. The number of esters is 1. The molecule has 0 saturated carbocycles. The smallest absolute Gasteiger partial charge is 0.308 e. The van der Waals surface area contributed by atoms with Crippen molar-refractivity contribution in [2.24, 2.45) is 0 Å². The predicted octanol–water partition coefficient (Wildman–Crippen LogP) is 3.01. The normalized spacial score (nSPS) is 12.4. The quantitative estimate of drug-likeness (QED) is 0.328. The number of carbonyl (C=O) groups excluding carboxylic acids is 1. The number of hydrogen-bond donors (Lipinski definition) is 1. The molecule has 0 saturated heterocycles. The molecule has 0 bridgehead atoms. The summed E-state index contributed by atoms with van der Waals surface area (Å²) in [6, 6.07) is 9.19. The Balaban J connectivity index is 2.32. The van der Waals surface area contributed by atoms with Gasteiger partial charge in [-0.1, -0.05) is 30.3 Å². The largest absolute Gasteiger partial charge is 0.463 e. The van der Waals surface area contributed by atoms with Crippen LogP contribution >= 0.6 is 0 Å². The highest BCUT2D eigenvalue weighted by atomic mass is 32.2. The molecule has 0 amide bonds. The molecule has 0 aromatic heterocycles. The third-order valence-corrected chi connectivity index (χ3v) is 5.43. The van der Waals surface area contributed by atoms with Gasteiger partial charge in [-0.2, -0.15) is 0 Å². The molecule has 166 valence electrons. The molecule has 0 fully saturated rings. The van der Waals surface area contributed by atoms with Gasteiger partial charge in [0.25, 0.3) is 11.4 Å². The summed E-state index contributed by atoms with van der Waals surface area (Å²) in [5.41, 5.74) is -0.254. The molecule has 0 heterocycles. The van der Waals surface area contributed by atoms with Gasteiger partial charge in [0.05, 0.1) is 34.2 Å². The molecule has 0 spiro atoms. The van der Waals surface area contributed by atoms with Crippen LogP contribution in [0.5, 0.6) is 0 Å². The fraction of sp³-hybridized carbons (Fsp3) is 0.316. The average molecular weight is 451 g/mol. The van der Waals surface area contributed by atoms with Crippen LogP contribution in [0, 0.1) is 20.2 Å². The van der Waals surface area contributed by atoms with Crippen LogP contribution in [-0.2, 0) is 25.3 Å². The summed E-state index contributed by atoms with van der Waals surface area (Å²) in [5.74, 6) is -1.27. The van der Waals surface area contributed by atoms with Gasteiger partial charge in [0.1, 0.15) is 0 Å². The summed E-state index contributed by atoms with van der Waals surface area (Å²) in [7, 11) is -4.08. The van der Waals surface area contributed by atoms with Crippen LogP contribution in [0.25, 0.3) is 0 Å². The van der Waals surface area contributed by atoms with Gasteiger partial charge in [0, 0.05) is 23.8 Å². The third-order valence-electron chi connectivity index (χ3n) is 4.07.